The van der Waals surface area contributed by atoms with E-state index in [1.165, 1.54) is 103 Å². The SMILES string of the molecule is CCCCCCCCCCCCCC(=O)OCC(COC(=O)CCC(=O)C(C)OCCC(C)(C)OC)OC(=O)CCCCCCCCCCCCC. The minimum absolute atomic E-state index is 0.0229. The van der Waals surface area contributed by atoms with Crippen LogP contribution in [0.25, 0.3) is 0 Å². The van der Waals surface area contributed by atoms with Crippen LogP contribution in [-0.2, 0) is 42.9 Å². The van der Waals surface area contributed by atoms with Crippen molar-refractivity contribution in [1.29, 1.82) is 0 Å². The second-order valence-electron chi connectivity index (χ2n) is 15.2. The van der Waals surface area contributed by atoms with Crippen LogP contribution in [0.1, 0.15) is 208 Å². The number of methoxy groups -OCH3 is 1. The van der Waals surface area contributed by atoms with Gasteiger partial charge in [0.15, 0.2) is 11.9 Å². The zero-order chi connectivity index (χ0) is 38.7. The second-order valence-corrected chi connectivity index (χ2v) is 15.2. The Labute approximate surface area is 318 Å². The Morgan fingerprint density at radius 2 is 0.904 bits per heavy atom. The molecule has 2 unspecified atom stereocenters. The zero-order valence-corrected chi connectivity index (χ0v) is 34.5. The molecule has 0 aliphatic carbocycles. The minimum atomic E-state index is -0.896. The number of rotatable bonds is 38. The Morgan fingerprint density at radius 3 is 1.33 bits per heavy atom. The van der Waals surface area contributed by atoms with E-state index in [2.05, 4.69) is 13.8 Å². The molecule has 0 aliphatic heterocycles. The van der Waals surface area contributed by atoms with E-state index in [0.29, 0.717) is 19.4 Å². The van der Waals surface area contributed by atoms with Crippen molar-refractivity contribution < 1.29 is 42.9 Å². The minimum Gasteiger partial charge on any atom is -0.462 e. The Balaban J connectivity index is 4.58. The van der Waals surface area contributed by atoms with Crippen LogP contribution >= 0.6 is 0 Å². The quantitative estimate of drug-likeness (QED) is 0.0346. The lowest BCUT2D eigenvalue weighted by atomic mass is 10.1. The van der Waals surface area contributed by atoms with Gasteiger partial charge in [0.1, 0.15) is 19.3 Å². The molecule has 0 aromatic carbocycles. The van der Waals surface area contributed by atoms with E-state index in [0.717, 1.165) is 38.5 Å². The first-order chi connectivity index (χ1) is 25.0. The number of hydrogen-bond donors (Lipinski definition) is 0. The molecule has 9 heteroatoms. The van der Waals surface area contributed by atoms with E-state index in [9.17, 15) is 19.2 Å². The van der Waals surface area contributed by atoms with E-state index in [4.69, 9.17) is 23.7 Å². The normalized spacial score (nSPS) is 12.7. The van der Waals surface area contributed by atoms with Gasteiger partial charge in [-0.05, 0) is 40.0 Å². The lowest BCUT2D eigenvalue weighted by Gasteiger charge is -2.23. The molecular weight excluding hydrogens is 660 g/mol. The average Bonchev–Trinajstić information content (AvgIpc) is 3.12. The molecule has 0 saturated heterocycles. The Bertz CT molecular complexity index is 888. The number of carbonyl (C=O) groups excluding carboxylic acids is 4. The highest BCUT2D eigenvalue weighted by Gasteiger charge is 2.22. The van der Waals surface area contributed by atoms with Crippen molar-refractivity contribution in [3.05, 3.63) is 0 Å². The molecule has 0 aromatic heterocycles. The largest absolute Gasteiger partial charge is 0.462 e. The number of ether oxygens (including phenoxy) is 5. The van der Waals surface area contributed by atoms with Crippen LogP contribution in [0.2, 0.25) is 0 Å². The van der Waals surface area contributed by atoms with Gasteiger partial charge in [-0.2, -0.15) is 0 Å². The Kier molecular flexibility index (Phi) is 33.4. The van der Waals surface area contributed by atoms with Crippen molar-refractivity contribution in [1.82, 2.24) is 0 Å². The summed E-state index contributed by atoms with van der Waals surface area (Å²) in [6.45, 7) is 9.99. The monoisotopic (exact) mass is 741 g/mol. The maximum atomic E-state index is 12.7. The topological polar surface area (TPSA) is 114 Å². The maximum Gasteiger partial charge on any atom is 0.306 e. The smallest absolute Gasteiger partial charge is 0.306 e. The highest BCUT2D eigenvalue weighted by molar-refractivity contribution is 5.86. The fourth-order valence-electron chi connectivity index (χ4n) is 5.85. The summed E-state index contributed by atoms with van der Waals surface area (Å²) in [6.07, 6.45) is 25.7. The van der Waals surface area contributed by atoms with Gasteiger partial charge in [0.2, 0.25) is 0 Å². The van der Waals surface area contributed by atoms with Crippen molar-refractivity contribution in [3.63, 3.8) is 0 Å². The Hall–Kier alpha value is -2.00. The van der Waals surface area contributed by atoms with Gasteiger partial charge in [-0.1, -0.05) is 142 Å². The summed E-state index contributed by atoms with van der Waals surface area (Å²) in [7, 11) is 1.63. The van der Waals surface area contributed by atoms with E-state index < -0.39 is 24.1 Å². The second kappa shape index (κ2) is 34.7. The molecule has 0 fully saturated rings. The maximum absolute atomic E-state index is 12.7. The third-order valence-corrected chi connectivity index (χ3v) is 9.78. The first kappa shape index (κ1) is 50.0. The predicted molar refractivity (Wildman–Crippen MR) is 209 cm³/mol. The summed E-state index contributed by atoms with van der Waals surface area (Å²) in [6, 6.07) is 0. The average molecular weight is 741 g/mol. The third kappa shape index (κ3) is 32.6. The fourth-order valence-corrected chi connectivity index (χ4v) is 5.85. The van der Waals surface area contributed by atoms with Crippen LogP contribution in [0.15, 0.2) is 0 Å². The van der Waals surface area contributed by atoms with Crippen molar-refractivity contribution >= 4 is 23.7 Å². The lowest BCUT2D eigenvalue weighted by molar-refractivity contribution is -0.167. The molecule has 0 N–H and O–H groups in total. The van der Waals surface area contributed by atoms with Crippen molar-refractivity contribution in [3.8, 4) is 0 Å². The van der Waals surface area contributed by atoms with Gasteiger partial charge in [0.25, 0.3) is 0 Å². The lowest BCUT2D eigenvalue weighted by Crippen LogP contribution is -2.31. The molecule has 2 atom stereocenters. The molecule has 0 aromatic rings. The number of ketones is 1. The zero-order valence-electron chi connectivity index (χ0n) is 34.5. The molecule has 0 bridgehead atoms. The number of esters is 3. The number of carbonyl (C=O) groups is 4. The van der Waals surface area contributed by atoms with Crippen LogP contribution in [0.5, 0.6) is 0 Å². The molecule has 0 spiro atoms. The molecule has 0 aliphatic rings. The molecular formula is C43H80O9. The van der Waals surface area contributed by atoms with Gasteiger partial charge in [-0.3, -0.25) is 19.2 Å². The van der Waals surface area contributed by atoms with Crippen molar-refractivity contribution in [2.75, 3.05) is 26.9 Å². The number of Topliss-reactive ketones (excluding diaryl/α,β-unsaturated/α-hetero) is 1. The van der Waals surface area contributed by atoms with Gasteiger partial charge >= 0.3 is 17.9 Å². The molecule has 306 valence electrons. The van der Waals surface area contributed by atoms with Crippen LogP contribution in [0.3, 0.4) is 0 Å². The van der Waals surface area contributed by atoms with Gasteiger partial charge in [0, 0.05) is 26.4 Å². The first-order valence-electron chi connectivity index (χ1n) is 21.2. The van der Waals surface area contributed by atoms with Gasteiger partial charge < -0.3 is 23.7 Å². The van der Waals surface area contributed by atoms with Gasteiger partial charge in [-0.25, -0.2) is 0 Å². The van der Waals surface area contributed by atoms with Crippen LogP contribution < -0.4 is 0 Å². The highest BCUT2D eigenvalue weighted by atomic mass is 16.6. The standard InChI is InChI=1S/C43H80O9/c1-7-9-11-13-15-17-19-21-23-25-27-29-40(45)50-35-38(52-42(47)30-28-26-24-22-20-18-16-14-12-10-8-2)36-51-41(46)32-31-39(44)37(3)49-34-33-43(4,5)48-6/h37-38H,7-36H2,1-6H3. The van der Waals surface area contributed by atoms with E-state index >= 15 is 0 Å². The van der Waals surface area contributed by atoms with Gasteiger partial charge in [-0.15, -0.1) is 0 Å². The summed E-state index contributed by atoms with van der Waals surface area (Å²) in [5.74, 6) is -1.52. The van der Waals surface area contributed by atoms with E-state index in [-0.39, 0.29) is 49.8 Å². The molecule has 0 radical (unpaired) electrons. The Morgan fingerprint density at radius 1 is 0.519 bits per heavy atom. The van der Waals surface area contributed by atoms with Gasteiger partial charge in [0.05, 0.1) is 18.6 Å². The van der Waals surface area contributed by atoms with E-state index in [1.54, 1.807) is 14.0 Å². The van der Waals surface area contributed by atoms with E-state index in [1.807, 2.05) is 13.8 Å². The number of unbranched alkanes of at least 4 members (excludes halogenated alkanes) is 20. The van der Waals surface area contributed by atoms with Crippen LogP contribution in [0.4, 0.5) is 0 Å². The molecule has 0 amide bonds. The first-order valence-corrected chi connectivity index (χ1v) is 21.2. The molecule has 9 nitrogen and oxygen atoms in total. The summed E-state index contributed by atoms with van der Waals surface area (Å²) >= 11 is 0. The molecule has 0 heterocycles. The van der Waals surface area contributed by atoms with Crippen molar-refractivity contribution in [2.24, 2.45) is 0 Å². The number of hydrogen-bond acceptors (Lipinski definition) is 9. The fraction of sp³-hybridized carbons (Fsp3) is 0.907. The molecule has 0 rings (SSSR count). The predicted octanol–water partition coefficient (Wildman–Crippen LogP) is 11.0. The summed E-state index contributed by atoms with van der Waals surface area (Å²) < 4.78 is 27.4. The van der Waals surface area contributed by atoms with Crippen molar-refractivity contribution in [2.45, 2.75) is 226 Å². The highest BCUT2D eigenvalue weighted by Crippen LogP contribution is 2.16. The summed E-state index contributed by atoms with van der Waals surface area (Å²) in [4.78, 5) is 50.2. The van der Waals surface area contributed by atoms with Crippen LogP contribution in [-0.4, -0.2) is 68.4 Å². The molecule has 52 heavy (non-hydrogen) atoms. The summed E-state index contributed by atoms with van der Waals surface area (Å²) in [5.41, 5.74) is -0.347. The summed E-state index contributed by atoms with van der Waals surface area (Å²) in [5, 5.41) is 0. The van der Waals surface area contributed by atoms with Crippen LogP contribution in [0, 0.1) is 0 Å². The third-order valence-electron chi connectivity index (χ3n) is 9.78. The molecule has 0 saturated carbocycles.